The standard InChI is InChI=1S/C32H33ClN6O4/c1-32(2,3)16-21(17-34)29(40)37-22-9-7-19(8-10-22)11-12-39-28-20(18-36-31(35-4)38-28)13-25(30(39)41)24-14-23(42-5)15-26(43-6)27(24)33/h7-10,13-16,18H,11-12H2,1-6H3,(H,37,40)(H,35,36,38)/b21-16+. The fourth-order valence-corrected chi connectivity index (χ4v) is 4.78. The number of allylic oxidation sites excluding steroid dienone is 1. The minimum absolute atomic E-state index is 0.0550. The number of methoxy groups -OCH3 is 2. The molecular weight excluding hydrogens is 568 g/mol. The summed E-state index contributed by atoms with van der Waals surface area (Å²) in [4.78, 5) is 35.5. The topological polar surface area (TPSA) is 131 Å². The number of hydrogen-bond acceptors (Lipinski definition) is 8. The molecule has 0 unspecified atom stereocenters. The summed E-state index contributed by atoms with van der Waals surface area (Å²) in [7, 11) is 4.73. The molecular formula is C32H33ClN6O4. The smallest absolute Gasteiger partial charge is 0.265 e. The number of ether oxygens (including phenoxy) is 2. The van der Waals surface area contributed by atoms with Crippen molar-refractivity contribution in [2.24, 2.45) is 5.41 Å². The van der Waals surface area contributed by atoms with Crippen molar-refractivity contribution in [2.45, 2.75) is 33.7 Å². The lowest BCUT2D eigenvalue weighted by atomic mass is 9.93. The molecule has 0 spiro atoms. The summed E-state index contributed by atoms with van der Waals surface area (Å²) in [6.45, 7) is 6.07. The Hall–Kier alpha value is -4.88. The highest BCUT2D eigenvalue weighted by Gasteiger charge is 2.19. The van der Waals surface area contributed by atoms with Crippen LogP contribution in [0.3, 0.4) is 0 Å². The van der Waals surface area contributed by atoms with Crippen molar-refractivity contribution < 1.29 is 14.3 Å². The first-order valence-corrected chi connectivity index (χ1v) is 13.9. The van der Waals surface area contributed by atoms with E-state index >= 15 is 0 Å². The van der Waals surface area contributed by atoms with Crippen molar-refractivity contribution in [1.29, 1.82) is 5.26 Å². The van der Waals surface area contributed by atoms with E-state index in [2.05, 4.69) is 20.6 Å². The van der Waals surface area contributed by atoms with Crippen LogP contribution in [-0.4, -0.2) is 41.7 Å². The molecule has 2 aromatic heterocycles. The van der Waals surface area contributed by atoms with Crippen molar-refractivity contribution in [3.8, 4) is 28.7 Å². The van der Waals surface area contributed by atoms with Crippen LogP contribution in [0.25, 0.3) is 22.2 Å². The molecule has 0 radical (unpaired) electrons. The molecule has 2 aromatic carbocycles. The van der Waals surface area contributed by atoms with E-state index in [9.17, 15) is 14.9 Å². The number of amides is 1. The number of fused-ring (bicyclic) bond motifs is 1. The van der Waals surface area contributed by atoms with E-state index in [4.69, 9.17) is 21.1 Å². The number of aromatic nitrogens is 3. The Morgan fingerprint density at radius 2 is 1.84 bits per heavy atom. The predicted molar refractivity (Wildman–Crippen MR) is 169 cm³/mol. The van der Waals surface area contributed by atoms with Gasteiger partial charge in [-0.25, -0.2) is 4.98 Å². The Morgan fingerprint density at radius 1 is 1.12 bits per heavy atom. The summed E-state index contributed by atoms with van der Waals surface area (Å²) in [5, 5.41) is 16.0. The molecule has 0 aliphatic carbocycles. The first kappa shape index (κ1) is 31.1. The molecule has 4 aromatic rings. The fourth-order valence-electron chi connectivity index (χ4n) is 4.49. The first-order valence-electron chi connectivity index (χ1n) is 13.5. The number of rotatable bonds is 9. The molecule has 2 heterocycles. The number of nitriles is 1. The lowest BCUT2D eigenvalue weighted by Crippen LogP contribution is -2.24. The molecule has 0 bridgehead atoms. The second-order valence-electron chi connectivity index (χ2n) is 10.9. The summed E-state index contributed by atoms with van der Waals surface area (Å²) < 4.78 is 12.4. The van der Waals surface area contributed by atoms with Gasteiger partial charge in [-0.05, 0) is 41.7 Å². The van der Waals surface area contributed by atoms with Gasteiger partial charge in [-0.2, -0.15) is 10.2 Å². The van der Waals surface area contributed by atoms with Gasteiger partial charge in [-0.15, -0.1) is 0 Å². The van der Waals surface area contributed by atoms with Crippen LogP contribution in [0.15, 0.2) is 65.1 Å². The largest absolute Gasteiger partial charge is 0.497 e. The van der Waals surface area contributed by atoms with Gasteiger partial charge in [0.05, 0.1) is 19.2 Å². The molecule has 11 heteroatoms. The number of hydrogen-bond donors (Lipinski definition) is 2. The van der Waals surface area contributed by atoms with E-state index in [1.165, 1.54) is 14.2 Å². The van der Waals surface area contributed by atoms with E-state index in [1.807, 2.05) is 39.0 Å². The number of halogens is 1. The number of benzene rings is 2. The fraction of sp³-hybridized carbons (Fsp3) is 0.281. The van der Waals surface area contributed by atoms with E-state index in [-0.39, 0.29) is 21.6 Å². The quantitative estimate of drug-likeness (QED) is 0.181. The molecule has 0 fully saturated rings. The summed E-state index contributed by atoms with van der Waals surface area (Å²) >= 11 is 6.66. The Morgan fingerprint density at radius 3 is 2.44 bits per heavy atom. The molecule has 1 amide bonds. The second kappa shape index (κ2) is 13.0. The van der Waals surface area contributed by atoms with Crippen LogP contribution in [0.1, 0.15) is 26.3 Å². The molecule has 2 N–H and O–H groups in total. The first-order chi connectivity index (χ1) is 20.5. The molecule has 0 aliphatic heterocycles. The maximum Gasteiger partial charge on any atom is 0.265 e. The van der Waals surface area contributed by atoms with Gasteiger partial charge < -0.3 is 20.1 Å². The van der Waals surface area contributed by atoms with Crippen LogP contribution in [0, 0.1) is 16.7 Å². The van der Waals surface area contributed by atoms with Gasteiger partial charge in [-0.3, -0.25) is 14.2 Å². The van der Waals surface area contributed by atoms with Crippen LogP contribution in [0.2, 0.25) is 5.02 Å². The average Bonchev–Trinajstić information content (AvgIpc) is 2.99. The monoisotopic (exact) mass is 600 g/mol. The number of aryl methyl sites for hydroxylation is 2. The Labute approximate surface area is 254 Å². The summed E-state index contributed by atoms with van der Waals surface area (Å²) in [5.41, 5.74) is 2.23. The third kappa shape index (κ3) is 7.13. The van der Waals surface area contributed by atoms with E-state index in [0.717, 1.165) is 5.56 Å². The number of nitrogens with zero attached hydrogens (tertiary/aromatic N) is 4. The van der Waals surface area contributed by atoms with Crippen molar-refractivity contribution in [3.05, 3.63) is 81.3 Å². The zero-order valence-electron chi connectivity index (χ0n) is 24.9. The Bertz CT molecular complexity index is 1800. The highest BCUT2D eigenvalue weighted by atomic mass is 35.5. The number of carbonyl (C=O) groups excluding carboxylic acids is 1. The van der Waals surface area contributed by atoms with Crippen molar-refractivity contribution >= 4 is 40.2 Å². The minimum atomic E-state index is -0.465. The lowest BCUT2D eigenvalue weighted by molar-refractivity contribution is -0.112. The molecule has 43 heavy (non-hydrogen) atoms. The Balaban J connectivity index is 1.68. The van der Waals surface area contributed by atoms with Crippen molar-refractivity contribution in [2.75, 3.05) is 31.9 Å². The summed E-state index contributed by atoms with van der Waals surface area (Å²) in [6.07, 6.45) is 3.79. The third-order valence-electron chi connectivity index (χ3n) is 6.59. The average molecular weight is 601 g/mol. The third-order valence-corrected chi connectivity index (χ3v) is 6.98. The normalized spacial score (nSPS) is 11.6. The molecule has 4 rings (SSSR count). The van der Waals surface area contributed by atoms with Crippen LogP contribution in [0.4, 0.5) is 11.6 Å². The SMILES string of the molecule is CNc1ncc2cc(-c3cc(OC)cc(OC)c3Cl)c(=O)n(CCc3ccc(NC(=O)/C(C#N)=C/C(C)(C)C)cc3)c2n1. The van der Waals surface area contributed by atoms with Gasteiger partial charge in [0.1, 0.15) is 28.8 Å². The highest BCUT2D eigenvalue weighted by Crippen LogP contribution is 2.38. The van der Waals surface area contributed by atoms with Gasteiger partial charge in [-0.1, -0.05) is 50.6 Å². The number of carbonyl (C=O) groups is 1. The van der Waals surface area contributed by atoms with Gasteiger partial charge in [0, 0.05) is 48.1 Å². The number of anilines is 2. The molecule has 0 atom stereocenters. The lowest BCUT2D eigenvalue weighted by Gasteiger charge is -2.16. The van der Waals surface area contributed by atoms with E-state index in [1.54, 1.807) is 54.2 Å². The van der Waals surface area contributed by atoms with Crippen molar-refractivity contribution in [3.63, 3.8) is 0 Å². The number of nitrogens with one attached hydrogen (secondary N) is 2. The predicted octanol–water partition coefficient (Wildman–Crippen LogP) is 5.85. The minimum Gasteiger partial charge on any atom is -0.497 e. The zero-order chi connectivity index (χ0) is 31.3. The van der Waals surface area contributed by atoms with Gasteiger partial charge >= 0.3 is 0 Å². The Kier molecular flexibility index (Phi) is 9.37. The van der Waals surface area contributed by atoms with Crippen LogP contribution in [0.5, 0.6) is 11.5 Å². The van der Waals surface area contributed by atoms with E-state index in [0.29, 0.717) is 58.3 Å². The van der Waals surface area contributed by atoms with Crippen LogP contribution >= 0.6 is 11.6 Å². The van der Waals surface area contributed by atoms with Gasteiger partial charge in [0.2, 0.25) is 5.95 Å². The molecule has 10 nitrogen and oxygen atoms in total. The van der Waals surface area contributed by atoms with Crippen molar-refractivity contribution in [1.82, 2.24) is 14.5 Å². The highest BCUT2D eigenvalue weighted by molar-refractivity contribution is 6.35. The van der Waals surface area contributed by atoms with Gasteiger partial charge in [0.15, 0.2) is 0 Å². The van der Waals surface area contributed by atoms with Gasteiger partial charge in [0.25, 0.3) is 11.5 Å². The van der Waals surface area contributed by atoms with Crippen LogP contribution in [-0.2, 0) is 17.8 Å². The number of pyridine rings is 1. The molecule has 0 saturated heterocycles. The summed E-state index contributed by atoms with van der Waals surface area (Å²) in [5.74, 6) is 0.790. The maximum atomic E-state index is 14.0. The van der Waals surface area contributed by atoms with E-state index < -0.39 is 5.91 Å². The maximum absolute atomic E-state index is 14.0. The van der Waals surface area contributed by atoms with Crippen LogP contribution < -0.4 is 25.7 Å². The summed E-state index contributed by atoms with van der Waals surface area (Å²) in [6, 6.07) is 14.3. The molecule has 0 aliphatic rings. The molecule has 0 saturated carbocycles. The molecule has 222 valence electrons. The zero-order valence-corrected chi connectivity index (χ0v) is 25.7. The second-order valence-corrected chi connectivity index (χ2v) is 11.2.